The zero-order valence-corrected chi connectivity index (χ0v) is 17.5. The monoisotopic (exact) mass is 344 g/mol. The molecule has 1 unspecified atom stereocenters. The highest BCUT2D eigenvalue weighted by atomic mass is 35.5. The smallest absolute Gasteiger partial charge is 0.0469 e. The Bertz CT molecular complexity index is 232. The van der Waals surface area contributed by atoms with Gasteiger partial charge in [-0.1, -0.05) is 111 Å². The topological polar surface area (TPSA) is 0 Å². The molecule has 0 aromatic carbocycles. The molecule has 0 amide bonds. The first kappa shape index (κ1) is 23.3. The summed E-state index contributed by atoms with van der Waals surface area (Å²) < 4.78 is 0. The SMILES string of the molecule is CCCCCCCCCCCCCCC(CC)C(Cl)(CC)CC. The van der Waals surface area contributed by atoms with Gasteiger partial charge in [-0.3, -0.25) is 0 Å². The summed E-state index contributed by atoms with van der Waals surface area (Å²) in [6, 6.07) is 0. The van der Waals surface area contributed by atoms with Crippen molar-refractivity contribution in [3.8, 4) is 0 Å². The molecular formula is C22H45Cl. The van der Waals surface area contributed by atoms with Gasteiger partial charge in [-0.2, -0.15) is 0 Å². The normalized spacial score (nSPS) is 13.4. The highest BCUT2D eigenvalue weighted by Gasteiger charge is 2.31. The second-order valence-corrected chi connectivity index (χ2v) is 8.28. The van der Waals surface area contributed by atoms with Crippen molar-refractivity contribution in [1.29, 1.82) is 0 Å². The first-order valence-corrected chi connectivity index (χ1v) is 11.2. The van der Waals surface area contributed by atoms with E-state index in [9.17, 15) is 0 Å². The van der Waals surface area contributed by atoms with Crippen LogP contribution in [0, 0.1) is 5.92 Å². The quantitative estimate of drug-likeness (QED) is 0.182. The second kappa shape index (κ2) is 15.8. The van der Waals surface area contributed by atoms with Crippen LogP contribution in [0.25, 0.3) is 0 Å². The van der Waals surface area contributed by atoms with Gasteiger partial charge >= 0.3 is 0 Å². The summed E-state index contributed by atoms with van der Waals surface area (Å²) in [6.45, 7) is 9.11. The molecule has 0 aromatic rings. The lowest BCUT2D eigenvalue weighted by Gasteiger charge is -2.33. The third-order valence-corrected chi connectivity index (χ3v) is 6.65. The molecule has 0 saturated carbocycles. The zero-order valence-electron chi connectivity index (χ0n) is 16.8. The van der Waals surface area contributed by atoms with Crippen LogP contribution >= 0.6 is 11.6 Å². The summed E-state index contributed by atoms with van der Waals surface area (Å²) in [5.74, 6) is 0.710. The largest absolute Gasteiger partial charge is 0.119 e. The molecule has 0 spiro atoms. The number of unbranched alkanes of at least 4 members (excludes halogenated alkanes) is 11. The molecule has 140 valence electrons. The molecule has 0 radical (unpaired) electrons. The molecule has 0 aromatic heterocycles. The second-order valence-electron chi connectivity index (χ2n) is 7.52. The molecule has 0 bridgehead atoms. The summed E-state index contributed by atoms with van der Waals surface area (Å²) in [4.78, 5) is 0.0620. The van der Waals surface area contributed by atoms with E-state index in [1.165, 1.54) is 89.9 Å². The molecule has 1 atom stereocenters. The van der Waals surface area contributed by atoms with Crippen LogP contribution < -0.4 is 0 Å². The Hall–Kier alpha value is 0.290. The third-order valence-electron chi connectivity index (χ3n) is 5.81. The number of rotatable bonds is 17. The third kappa shape index (κ3) is 11.5. The maximum Gasteiger partial charge on any atom is 0.0469 e. The lowest BCUT2D eigenvalue weighted by Crippen LogP contribution is -2.30. The van der Waals surface area contributed by atoms with Crippen LogP contribution in [-0.2, 0) is 0 Å². The molecule has 0 rings (SSSR count). The molecular weight excluding hydrogens is 300 g/mol. The standard InChI is InChI=1S/C22H45Cl/c1-5-9-10-11-12-13-14-15-16-17-18-19-20-21(6-2)22(23,7-3)8-4/h21H,5-20H2,1-4H3. The van der Waals surface area contributed by atoms with Crippen LogP contribution in [0.4, 0.5) is 0 Å². The van der Waals surface area contributed by atoms with E-state index in [4.69, 9.17) is 11.6 Å². The first-order valence-electron chi connectivity index (χ1n) is 10.8. The van der Waals surface area contributed by atoms with Gasteiger partial charge in [0.05, 0.1) is 0 Å². The average Bonchev–Trinajstić information content (AvgIpc) is 2.58. The van der Waals surface area contributed by atoms with Crippen LogP contribution in [0.2, 0.25) is 0 Å². The highest BCUT2D eigenvalue weighted by Crippen LogP contribution is 2.38. The predicted octanol–water partition coefficient (Wildman–Crippen LogP) is 8.90. The van der Waals surface area contributed by atoms with Crippen molar-refractivity contribution in [2.45, 2.75) is 135 Å². The van der Waals surface area contributed by atoms with Crippen molar-refractivity contribution >= 4 is 11.6 Å². The summed E-state index contributed by atoms with van der Waals surface area (Å²) in [5, 5.41) is 0. The zero-order chi connectivity index (χ0) is 17.4. The van der Waals surface area contributed by atoms with Gasteiger partial charge in [0.2, 0.25) is 0 Å². The van der Waals surface area contributed by atoms with Crippen molar-refractivity contribution in [3.05, 3.63) is 0 Å². The summed E-state index contributed by atoms with van der Waals surface area (Å²) in [5.41, 5.74) is 0. The van der Waals surface area contributed by atoms with E-state index in [1.54, 1.807) is 0 Å². The summed E-state index contributed by atoms with van der Waals surface area (Å²) >= 11 is 6.82. The number of hydrogen-bond acceptors (Lipinski definition) is 0. The van der Waals surface area contributed by atoms with Gasteiger partial charge in [-0.15, -0.1) is 11.6 Å². The van der Waals surface area contributed by atoms with Crippen molar-refractivity contribution in [3.63, 3.8) is 0 Å². The maximum absolute atomic E-state index is 6.82. The van der Waals surface area contributed by atoms with Crippen LogP contribution in [0.1, 0.15) is 130 Å². The van der Waals surface area contributed by atoms with Gasteiger partial charge in [-0.05, 0) is 25.2 Å². The summed E-state index contributed by atoms with van der Waals surface area (Å²) in [6.07, 6.45) is 22.0. The van der Waals surface area contributed by atoms with Gasteiger partial charge in [0.25, 0.3) is 0 Å². The van der Waals surface area contributed by atoms with E-state index in [1.807, 2.05) is 0 Å². The lowest BCUT2D eigenvalue weighted by atomic mass is 9.81. The van der Waals surface area contributed by atoms with Gasteiger partial charge in [0.15, 0.2) is 0 Å². The lowest BCUT2D eigenvalue weighted by molar-refractivity contribution is 0.306. The molecule has 0 aliphatic rings. The van der Waals surface area contributed by atoms with E-state index < -0.39 is 0 Å². The average molecular weight is 345 g/mol. The van der Waals surface area contributed by atoms with Gasteiger partial charge < -0.3 is 0 Å². The van der Waals surface area contributed by atoms with Crippen LogP contribution in [0.5, 0.6) is 0 Å². The predicted molar refractivity (Wildman–Crippen MR) is 109 cm³/mol. The van der Waals surface area contributed by atoms with Crippen molar-refractivity contribution in [1.82, 2.24) is 0 Å². The molecule has 1 heteroatoms. The Morgan fingerprint density at radius 1 is 0.609 bits per heavy atom. The van der Waals surface area contributed by atoms with E-state index in [0.29, 0.717) is 5.92 Å². The molecule has 0 N–H and O–H groups in total. The van der Waals surface area contributed by atoms with E-state index in [2.05, 4.69) is 27.7 Å². The number of alkyl halides is 1. The highest BCUT2D eigenvalue weighted by molar-refractivity contribution is 6.24. The molecule has 0 fully saturated rings. The number of hydrogen-bond donors (Lipinski definition) is 0. The van der Waals surface area contributed by atoms with E-state index >= 15 is 0 Å². The minimum Gasteiger partial charge on any atom is -0.119 e. The maximum atomic E-state index is 6.82. The fourth-order valence-electron chi connectivity index (χ4n) is 3.89. The van der Waals surface area contributed by atoms with Gasteiger partial charge in [-0.25, -0.2) is 0 Å². The van der Waals surface area contributed by atoms with E-state index in [-0.39, 0.29) is 4.87 Å². The Morgan fingerprint density at radius 2 is 1.00 bits per heavy atom. The Balaban J connectivity index is 3.47. The van der Waals surface area contributed by atoms with Crippen molar-refractivity contribution in [2.24, 2.45) is 5.92 Å². The van der Waals surface area contributed by atoms with Gasteiger partial charge in [0.1, 0.15) is 0 Å². The minimum atomic E-state index is 0.0620. The fraction of sp³-hybridized carbons (Fsp3) is 1.00. The van der Waals surface area contributed by atoms with Crippen LogP contribution in [0.15, 0.2) is 0 Å². The molecule has 0 aliphatic carbocycles. The number of halogens is 1. The molecule has 0 nitrogen and oxygen atoms in total. The van der Waals surface area contributed by atoms with Crippen LogP contribution in [0.3, 0.4) is 0 Å². The molecule has 0 saturated heterocycles. The molecule has 0 heterocycles. The Kier molecular flexibility index (Phi) is 16.0. The summed E-state index contributed by atoms with van der Waals surface area (Å²) in [7, 11) is 0. The molecule has 0 aliphatic heterocycles. The fourth-order valence-corrected chi connectivity index (χ4v) is 4.15. The van der Waals surface area contributed by atoms with Crippen LogP contribution in [-0.4, -0.2) is 4.87 Å². The Labute approximate surface area is 153 Å². The van der Waals surface area contributed by atoms with Crippen molar-refractivity contribution < 1.29 is 0 Å². The molecule has 23 heavy (non-hydrogen) atoms. The van der Waals surface area contributed by atoms with E-state index in [0.717, 1.165) is 12.8 Å². The minimum absolute atomic E-state index is 0.0620. The van der Waals surface area contributed by atoms with Crippen molar-refractivity contribution in [2.75, 3.05) is 0 Å². The van der Waals surface area contributed by atoms with Gasteiger partial charge in [0, 0.05) is 4.87 Å². The Morgan fingerprint density at radius 3 is 1.35 bits per heavy atom. The first-order chi connectivity index (χ1) is 11.1.